The Bertz CT molecular complexity index is 897. The van der Waals surface area contributed by atoms with Crippen molar-refractivity contribution in [2.45, 2.75) is 6.54 Å². The molecule has 1 N–H and O–H groups in total. The lowest BCUT2D eigenvalue weighted by Crippen LogP contribution is -2.37. The average Bonchev–Trinajstić information content (AvgIpc) is 3.38. The highest BCUT2D eigenvalue weighted by atomic mass is 16.3. The molecule has 7 heteroatoms. The Morgan fingerprint density at radius 2 is 2.07 bits per heavy atom. The molecule has 1 aromatic carbocycles. The van der Waals surface area contributed by atoms with Gasteiger partial charge in [-0.3, -0.25) is 9.59 Å². The maximum Gasteiger partial charge on any atom is 0.246 e. The summed E-state index contributed by atoms with van der Waals surface area (Å²) in [4.78, 5) is 29.4. The lowest BCUT2D eigenvalue weighted by Gasteiger charge is -2.14. The Kier molecular flexibility index (Phi) is 5.84. The molecule has 0 saturated carbocycles. The SMILES string of the molecule is CN(CC(=O)NCc1ccco1)C(=O)C=Cc1ccc(-n2ccnc2)cc1. The van der Waals surface area contributed by atoms with E-state index in [9.17, 15) is 9.59 Å². The van der Waals surface area contributed by atoms with Crippen LogP contribution < -0.4 is 5.32 Å². The number of carbonyl (C=O) groups excluding carboxylic acids is 2. The van der Waals surface area contributed by atoms with E-state index in [1.54, 1.807) is 44.0 Å². The first kappa shape index (κ1) is 18.2. The highest BCUT2D eigenvalue weighted by Gasteiger charge is 2.10. The molecule has 0 radical (unpaired) electrons. The fraction of sp³-hybridized carbons (Fsp3) is 0.150. The van der Waals surface area contributed by atoms with Gasteiger partial charge in [-0.2, -0.15) is 0 Å². The van der Waals surface area contributed by atoms with E-state index in [-0.39, 0.29) is 18.4 Å². The third kappa shape index (κ3) is 5.18. The van der Waals surface area contributed by atoms with E-state index in [0.717, 1.165) is 11.3 Å². The van der Waals surface area contributed by atoms with Crippen LogP contribution in [0.1, 0.15) is 11.3 Å². The summed E-state index contributed by atoms with van der Waals surface area (Å²) in [6, 6.07) is 11.2. The summed E-state index contributed by atoms with van der Waals surface area (Å²) >= 11 is 0. The van der Waals surface area contributed by atoms with Crippen molar-refractivity contribution in [3.8, 4) is 5.69 Å². The number of amides is 2. The molecule has 0 spiro atoms. The van der Waals surface area contributed by atoms with Crippen LogP contribution >= 0.6 is 0 Å². The molecule has 138 valence electrons. The van der Waals surface area contributed by atoms with Crippen LogP contribution in [-0.2, 0) is 16.1 Å². The minimum absolute atomic E-state index is 0.0244. The van der Waals surface area contributed by atoms with Crippen molar-refractivity contribution in [2.75, 3.05) is 13.6 Å². The fourth-order valence-electron chi connectivity index (χ4n) is 2.41. The van der Waals surface area contributed by atoms with E-state index in [4.69, 9.17) is 4.42 Å². The number of hydrogen-bond donors (Lipinski definition) is 1. The Morgan fingerprint density at radius 1 is 1.26 bits per heavy atom. The van der Waals surface area contributed by atoms with Gasteiger partial charge in [0.2, 0.25) is 11.8 Å². The van der Waals surface area contributed by atoms with Gasteiger partial charge >= 0.3 is 0 Å². The molecule has 2 amide bonds. The van der Waals surface area contributed by atoms with Gasteiger partial charge in [0, 0.05) is 31.2 Å². The second kappa shape index (κ2) is 8.66. The number of carbonyl (C=O) groups is 2. The number of nitrogens with one attached hydrogen (secondary N) is 1. The molecular formula is C20H20N4O3. The smallest absolute Gasteiger partial charge is 0.246 e. The highest BCUT2D eigenvalue weighted by molar-refractivity contribution is 5.94. The number of imidazole rings is 1. The summed E-state index contributed by atoms with van der Waals surface area (Å²) in [5, 5.41) is 2.71. The van der Waals surface area contributed by atoms with Gasteiger partial charge in [-0.15, -0.1) is 0 Å². The van der Waals surface area contributed by atoms with Gasteiger partial charge < -0.3 is 19.2 Å². The second-order valence-electron chi connectivity index (χ2n) is 5.95. The van der Waals surface area contributed by atoms with Crippen LogP contribution in [0.15, 0.2) is 71.9 Å². The predicted molar refractivity (Wildman–Crippen MR) is 101 cm³/mol. The fourth-order valence-corrected chi connectivity index (χ4v) is 2.41. The molecule has 27 heavy (non-hydrogen) atoms. The van der Waals surface area contributed by atoms with Crippen molar-refractivity contribution in [1.82, 2.24) is 19.8 Å². The van der Waals surface area contributed by atoms with Crippen LogP contribution in [0, 0.1) is 0 Å². The summed E-state index contributed by atoms with van der Waals surface area (Å²) < 4.78 is 7.04. The van der Waals surface area contributed by atoms with Gasteiger partial charge in [-0.25, -0.2) is 4.98 Å². The van der Waals surface area contributed by atoms with Gasteiger partial charge in [0.15, 0.2) is 0 Å². The highest BCUT2D eigenvalue weighted by Crippen LogP contribution is 2.10. The van der Waals surface area contributed by atoms with Gasteiger partial charge in [0.1, 0.15) is 5.76 Å². The van der Waals surface area contributed by atoms with Crippen molar-refractivity contribution in [2.24, 2.45) is 0 Å². The molecule has 2 aromatic heterocycles. The summed E-state index contributed by atoms with van der Waals surface area (Å²) in [5.74, 6) is 0.165. The van der Waals surface area contributed by atoms with Crippen molar-refractivity contribution in [3.05, 3.63) is 78.8 Å². The van der Waals surface area contributed by atoms with Crippen LogP contribution in [0.3, 0.4) is 0 Å². The van der Waals surface area contributed by atoms with Crippen molar-refractivity contribution in [1.29, 1.82) is 0 Å². The maximum absolute atomic E-state index is 12.2. The molecule has 0 aliphatic rings. The van der Waals surface area contributed by atoms with Crippen LogP contribution in [0.4, 0.5) is 0 Å². The van der Waals surface area contributed by atoms with Gasteiger partial charge in [0.05, 0.1) is 25.7 Å². The minimum atomic E-state index is -0.250. The molecule has 3 rings (SSSR count). The third-order valence-corrected chi connectivity index (χ3v) is 3.91. The number of nitrogens with zero attached hydrogens (tertiary/aromatic N) is 3. The molecule has 0 aliphatic carbocycles. The zero-order valence-corrected chi connectivity index (χ0v) is 14.9. The van der Waals surface area contributed by atoms with E-state index in [1.165, 1.54) is 11.0 Å². The largest absolute Gasteiger partial charge is 0.467 e. The zero-order chi connectivity index (χ0) is 19.1. The Hall–Kier alpha value is -3.61. The standard InChI is InChI=1S/C20H20N4O3/c1-23(14-19(25)22-13-18-3-2-12-27-18)20(26)9-6-16-4-7-17(8-5-16)24-11-10-21-15-24/h2-12,15H,13-14H2,1H3,(H,22,25). The average molecular weight is 364 g/mol. The Labute approximate surface area is 156 Å². The minimum Gasteiger partial charge on any atom is -0.467 e. The molecule has 0 atom stereocenters. The summed E-state index contributed by atoms with van der Waals surface area (Å²) in [5.41, 5.74) is 1.88. The lowest BCUT2D eigenvalue weighted by molar-refractivity contribution is -0.131. The van der Waals surface area contributed by atoms with Crippen molar-refractivity contribution < 1.29 is 14.0 Å². The van der Waals surface area contributed by atoms with E-state index in [0.29, 0.717) is 12.3 Å². The molecule has 0 saturated heterocycles. The summed E-state index contributed by atoms with van der Waals surface area (Å²) in [7, 11) is 1.58. The number of benzene rings is 1. The monoisotopic (exact) mass is 364 g/mol. The zero-order valence-electron chi connectivity index (χ0n) is 14.9. The number of likely N-dealkylation sites (N-methyl/N-ethyl adjacent to an activating group) is 1. The molecule has 2 heterocycles. The van der Waals surface area contributed by atoms with E-state index in [1.807, 2.05) is 35.0 Å². The molecule has 0 aliphatic heterocycles. The molecule has 7 nitrogen and oxygen atoms in total. The number of furan rings is 1. The number of aromatic nitrogens is 2. The van der Waals surface area contributed by atoms with Crippen LogP contribution in [0.5, 0.6) is 0 Å². The predicted octanol–water partition coefficient (Wildman–Crippen LogP) is 2.25. The van der Waals surface area contributed by atoms with E-state index < -0.39 is 0 Å². The first-order valence-corrected chi connectivity index (χ1v) is 8.42. The maximum atomic E-state index is 12.2. The van der Waals surface area contributed by atoms with Crippen LogP contribution in [0.25, 0.3) is 11.8 Å². The molecule has 0 fully saturated rings. The molecule has 0 unspecified atom stereocenters. The quantitative estimate of drug-likeness (QED) is 0.652. The first-order valence-electron chi connectivity index (χ1n) is 8.42. The molecule has 3 aromatic rings. The Balaban J connectivity index is 1.49. The number of rotatable bonds is 7. The van der Waals surface area contributed by atoms with Gasteiger partial charge in [0.25, 0.3) is 0 Å². The topological polar surface area (TPSA) is 80.4 Å². The molecule has 0 bridgehead atoms. The first-order chi connectivity index (χ1) is 13.1. The molecular weight excluding hydrogens is 344 g/mol. The number of hydrogen-bond acceptors (Lipinski definition) is 4. The van der Waals surface area contributed by atoms with Crippen molar-refractivity contribution >= 4 is 17.9 Å². The third-order valence-electron chi connectivity index (χ3n) is 3.91. The van der Waals surface area contributed by atoms with Gasteiger partial charge in [-0.05, 0) is 35.9 Å². The van der Waals surface area contributed by atoms with Gasteiger partial charge in [-0.1, -0.05) is 12.1 Å². The summed E-state index contributed by atoms with van der Waals surface area (Å²) in [6.45, 7) is 0.274. The Morgan fingerprint density at radius 3 is 2.74 bits per heavy atom. The van der Waals surface area contributed by atoms with Crippen molar-refractivity contribution in [3.63, 3.8) is 0 Å². The van der Waals surface area contributed by atoms with Crippen LogP contribution in [-0.4, -0.2) is 39.9 Å². The lowest BCUT2D eigenvalue weighted by atomic mass is 10.2. The summed E-state index contributed by atoms with van der Waals surface area (Å²) in [6.07, 6.45) is 10.0. The van der Waals surface area contributed by atoms with E-state index >= 15 is 0 Å². The normalized spacial score (nSPS) is 10.9. The van der Waals surface area contributed by atoms with Crippen LogP contribution in [0.2, 0.25) is 0 Å². The second-order valence-corrected chi connectivity index (χ2v) is 5.95. The van der Waals surface area contributed by atoms with E-state index in [2.05, 4.69) is 10.3 Å².